The first-order valence-electron chi connectivity index (χ1n) is 8.21. The summed E-state index contributed by atoms with van der Waals surface area (Å²) in [4.78, 5) is 0. The van der Waals surface area contributed by atoms with Crippen molar-refractivity contribution in [2.75, 3.05) is 6.61 Å². The maximum absolute atomic E-state index is 6.02. The second-order valence-electron chi connectivity index (χ2n) is 6.22. The molecule has 20 heavy (non-hydrogen) atoms. The molecule has 0 heterocycles. The fraction of sp³-hybridized carbons (Fsp3) is 0.667. The molecule has 1 aromatic carbocycles. The van der Waals surface area contributed by atoms with Crippen molar-refractivity contribution in [1.82, 2.24) is 0 Å². The van der Waals surface area contributed by atoms with Crippen LogP contribution in [0.1, 0.15) is 57.1 Å². The largest absolute Gasteiger partial charge is 0.494 e. The number of ether oxygens (including phenoxy) is 1. The van der Waals surface area contributed by atoms with Crippen LogP contribution in [-0.2, 0) is 12.8 Å². The Balaban J connectivity index is 1.77. The molecule has 1 aliphatic carbocycles. The minimum atomic E-state index is 0.283. The molecule has 0 fully saturated rings. The van der Waals surface area contributed by atoms with Crippen LogP contribution >= 0.6 is 0 Å². The lowest BCUT2D eigenvalue weighted by atomic mass is 9.99. The summed E-state index contributed by atoms with van der Waals surface area (Å²) in [6.07, 6.45) is 8.67. The zero-order chi connectivity index (χ0) is 14.4. The third-order valence-corrected chi connectivity index (χ3v) is 4.40. The highest BCUT2D eigenvalue weighted by Gasteiger charge is 2.24. The molecule has 2 atom stereocenters. The van der Waals surface area contributed by atoms with Crippen LogP contribution < -0.4 is 10.5 Å². The minimum Gasteiger partial charge on any atom is -0.494 e. The standard InChI is InChI=1S/C18H29NO/c1-3-4-5-6-7-10-20-18-9-8-15-11-16(14(2)19)12-17(15)13-18/h8-9,13-14,16H,3-7,10-12,19H2,1-2H3/t14?,16-/m1/s1. The van der Waals surface area contributed by atoms with Gasteiger partial charge in [0.15, 0.2) is 0 Å². The third-order valence-electron chi connectivity index (χ3n) is 4.40. The van der Waals surface area contributed by atoms with Gasteiger partial charge >= 0.3 is 0 Å². The molecular formula is C18H29NO. The van der Waals surface area contributed by atoms with Crippen LogP contribution in [0.2, 0.25) is 0 Å². The summed E-state index contributed by atoms with van der Waals surface area (Å²) in [6, 6.07) is 6.85. The van der Waals surface area contributed by atoms with Gasteiger partial charge in [-0.1, -0.05) is 38.7 Å². The topological polar surface area (TPSA) is 35.2 Å². The second-order valence-corrected chi connectivity index (χ2v) is 6.22. The van der Waals surface area contributed by atoms with E-state index >= 15 is 0 Å². The van der Waals surface area contributed by atoms with Crippen LogP contribution in [0.4, 0.5) is 0 Å². The molecule has 2 nitrogen and oxygen atoms in total. The van der Waals surface area contributed by atoms with Crippen molar-refractivity contribution in [2.45, 2.75) is 64.8 Å². The number of unbranched alkanes of at least 4 members (excludes halogenated alkanes) is 4. The van der Waals surface area contributed by atoms with Crippen molar-refractivity contribution in [2.24, 2.45) is 11.7 Å². The molecule has 0 saturated carbocycles. The van der Waals surface area contributed by atoms with E-state index in [2.05, 4.69) is 32.0 Å². The Morgan fingerprint density at radius 3 is 2.65 bits per heavy atom. The van der Waals surface area contributed by atoms with E-state index in [-0.39, 0.29) is 6.04 Å². The Morgan fingerprint density at radius 1 is 1.15 bits per heavy atom. The molecule has 2 heteroatoms. The zero-order valence-electron chi connectivity index (χ0n) is 13.0. The molecule has 0 radical (unpaired) electrons. The molecular weight excluding hydrogens is 246 g/mol. The van der Waals surface area contributed by atoms with Gasteiger partial charge in [0.25, 0.3) is 0 Å². The number of hydrogen-bond donors (Lipinski definition) is 1. The van der Waals surface area contributed by atoms with Crippen LogP contribution in [0.3, 0.4) is 0 Å². The van der Waals surface area contributed by atoms with Crippen molar-refractivity contribution >= 4 is 0 Å². The monoisotopic (exact) mass is 275 g/mol. The molecule has 112 valence electrons. The SMILES string of the molecule is CCCCCCCOc1ccc2c(c1)C[C@H](C(C)N)C2. The van der Waals surface area contributed by atoms with Crippen LogP contribution in [0.15, 0.2) is 18.2 Å². The predicted molar refractivity (Wildman–Crippen MR) is 85.2 cm³/mol. The average molecular weight is 275 g/mol. The van der Waals surface area contributed by atoms with E-state index < -0.39 is 0 Å². The molecule has 0 saturated heterocycles. The van der Waals surface area contributed by atoms with Gasteiger partial charge in [-0.05, 0) is 55.4 Å². The van der Waals surface area contributed by atoms with Crippen molar-refractivity contribution in [3.8, 4) is 5.75 Å². The summed E-state index contributed by atoms with van der Waals surface area (Å²) in [5, 5.41) is 0. The Bertz CT molecular complexity index is 414. The first-order valence-corrected chi connectivity index (χ1v) is 8.21. The molecule has 0 aliphatic heterocycles. The first kappa shape index (κ1) is 15.4. The Hall–Kier alpha value is -1.02. The smallest absolute Gasteiger partial charge is 0.119 e. The number of benzene rings is 1. The normalized spacial score (nSPS) is 18.9. The number of hydrogen-bond acceptors (Lipinski definition) is 2. The van der Waals surface area contributed by atoms with Gasteiger partial charge in [0, 0.05) is 6.04 Å². The van der Waals surface area contributed by atoms with E-state index in [0.29, 0.717) is 5.92 Å². The summed E-state index contributed by atoms with van der Waals surface area (Å²) in [5.74, 6) is 1.64. The lowest BCUT2D eigenvalue weighted by Crippen LogP contribution is -2.26. The molecule has 1 aromatic rings. The number of fused-ring (bicyclic) bond motifs is 1. The highest BCUT2D eigenvalue weighted by Crippen LogP contribution is 2.31. The minimum absolute atomic E-state index is 0.283. The lowest BCUT2D eigenvalue weighted by Gasteiger charge is -2.12. The average Bonchev–Trinajstić information content (AvgIpc) is 2.86. The van der Waals surface area contributed by atoms with E-state index in [1.165, 1.54) is 43.2 Å². The van der Waals surface area contributed by atoms with Gasteiger partial charge in [-0.25, -0.2) is 0 Å². The number of nitrogens with two attached hydrogens (primary N) is 1. The van der Waals surface area contributed by atoms with Crippen LogP contribution in [0.5, 0.6) is 5.75 Å². The third kappa shape index (κ3) is 4.24. The predicted octanol–water partition coefficient (Wildman–Crippen LogP) is 4.10. The quantitative estimate of drug-likeness (QED) is 0.725. The van der Waals surface area contributed by atoms with E-state index in [0.717, 1.165) is 25.2 Å². The molecule has 0 bridgehead atoms. The molecule has 0 amide bonds. The fourth-order valence-electron chi connectivity index (χ4n) is 2.99. The Kier molecular flexibility index (Phi) is 5.90. The molecule has 2 N–H and O–H groups in total. The van der Waals surface area contributed by atoms with Crippen LogP contribution in [0, 0.1) is 5.92 Å². The van der Waals surface area contributed by atoms with Gasteiger partial charge in [-0.15, -0.1) is 0 Å². The molecule has 1 aliphatic rings. The van der Waals surface area contributed by atoms with Gasteiger partial charge < -0.3 is 10.5 Å². The van der Waals surface area contributed by atoms with Crippen molar-refractivity contribution < 1.29 is 4.74 Å². The Labute approximate surface area is 123 Å². The van der Waals surface area contributed by atoms with Gasteiger partial charge in [0.05, 0.1) is 6.61 Å². The molecule has 1 unspecified atom stereocenters. The van der Waals surface area contributed by atoms with Crippen LogP contribution in [-0.4, -0.2) is 12.6 Å². The van der Waals surface area contributed by atoms with Crippen LogP contribution in [0.25, 0.3) is 0 Å². The molecule has 0 spiro atoms. The van der Waals surface area contributed by atoms with E-state index in [9.17, 15) is 0 Å². The van der Waals surface area contributed by atoms with E-state index in [1.54, 1.807) is 0 Å². The fourth-order valence-corrected chi connectivity index (χ4v) is 2.99. The first-order chi connectivity index (χ1) is 9.70. The van der Waals surface area contributed by atoms with Gasteiger partial charge in [0.1, 0.15) is 5.75 Å². The molecule has 2 rings (SSSR count). The highest BCUT2D eigenvalue weighted by atomic mass is 16.5. The summed E-state index contributed by atoms with van der Waals surface area (Å²) in [6.45, 7) is 5.21. The van der Waals surface area contributed by atoms with Gasteiger partial charge in [-0.2, -0.15) is 0 Å². The summed E-state index contributed by atoms with van der Waals surface area (Å²) >= 11 is 0. The van der Waals surface area contributed by atoms with E-state index in [1.807, 2.05) is 0 Å². The summed E-state index contributed by atoms with van der Waals surface area (Å²) in [7, 11) is 0. The van der Waals surface area contributed by atoms with Crippen molar-refractivity contribution in [1.29, 1.82) is 0 Å². The van der Waals surface area contributed by atoms with Crippen molar-refractivity contribution in [3.05, 3.63) is 29.3 Å². The molecule has 0 aromatic heterocycles. The van der Waals surface area contributed by atoms with Gasteiger partial charge in [0.2, 0.25) is 0 Å². The van der Waals surface area contributed by atoms with Gasteiger partial charge in [-0.3, -0.25) is 0 Å². The lowest BCUT2D eigenvalue weighted by molar-refractivity contribution is 0.304. The van der Waals surface area contributed by atoms with Crippen molar-refractivity contribution in [3.63, 3.8) is 0 Å². The van der Waals surface area contributed by atoms with E-state index in [4.69, 9.17) is 10.5 Å². The summed E-state index contributed by atoms with van der Waals surface area (Å²) < 4.78 is 5.88. The maximum Gasteiger partial charge on any atom is 0.119 e. The maximum atomic E-state index is 6.02. The number of rotatable bonds is 8. The zero-order valence-corrected chi connectivity index (χ0v) is 13.0. The highest BCUT2D eigenvalue weighted by molar-refractivity contribution is 5.39. The summed E-state index contributed by atoms with van der Waals surface area (Å²) in [5.41, 5.74) is 8.92. The second kappa shape index (κ2) is 7.68. The Morgan fingerprint density at radius 2 is 1.90 bits per heavy atom.